The van der Waals surface area contributed by atoms with Crippen LogP contribution in [0.15, 0.2) is 36.4 Å². The minimum Gasteiger partial charge on any atom is -0.344 e. The van der Waals surface area contributed by atoms with Crippen LogP contribution < -0.4 is 10.6 Å². The number of nitrogens with one attached hydrogen (secondary N) is 4. The molecule has 0 radical (unpaired) electrons. The van der Waals surface area contributed by atoms with Crippen molar-refractivity contribution in [3.63, 3.8) is 0 Å². The zero-order valence-electron chi connectivity index (χ0n) is 21.0. The summed E-state index contributed by atoms with van der Waals surface area (Å²) < 4.78 is 0. The molecule has 1 atom stereocenters. The molecule has 0 amide bonds. The van der Waals surface area contributed by atoms with Gasteiger partial charge in [-0.25, -0.2) is 9.97 Å². The van der Waals surface area contributed by atoms with Gasteiger partial charge in [-0.05, 0) is 80.3 Å². The maximum absolute atomic E-state index is 5.05. The second-order valence-electron chi connectivity index (χ2n) is 10.5. The van der Waals surface area contributed by atoms with Crippen LogP contribution >= 0.6 is 0 Å². The number of hydrogen-bond donors (Lipinski definition) is 4. The average Bonchev–Trinajstić information content (AvgIpc) is 3.67. The Bertz CT molecular complexity index is 1420. The van der Waals surface area contributed by atoms with Gasteiger partial charge in [0.25, 0.3) is 0 Å². The summed E-state index contributed by atoms with van der Waals surface area (Å²) in [5, 5.41) is 7.04. The van der Waals surface area contributed by atoms with Gasteiger partial charge in [-0.2, -0.15) is 0 Å². The van der Waals surface area contributed by atoms with E-state index in [1.54, 1.807) is 0 Å². The molecule has 36 heavy (non-hydrogen) atoms. The third-order valence-electron chi connectivity index (χ3n) is 8.08. The molecule has 1 saturated heterocycles. The van der Waals surface area contributed by atoms with Crippen molar-refractivity contribution in [3.8, 4) is 33.6 Å². The Kier molecular flexibility index (Phi) is 5.51. The van der Waals surface area contributed by atoms with E-state index in [1.807, 2.05) is 0 Å². The van der Waals surface area contributed by atoms with Gasteiger partial charge in [-0.15, -0.1) is 0 Å². The topological polar surface area (TPSA) is 81.4 Å². The average molecular weight is 479 g/mol. The number of aryl methyl sites for hydroxylation is 4. The number of rotatable bonds is 6. The third-order valence-corrected chi connectivity index (χ3v) is 8.08. The second kappa shape index (κ2) is 9.02. The molecule has 184 valence electrons. The molecule has 0 spiro atoms. The molecule has 1 fully saturated rings. The highest BCUT2D eigenvalue weighted by Gasteiger charge is 2.26. The summed E-state index contributed by atoms with van der Waals surface area (Å²) in [4.78, 5) is 17.2. The fourth-order valence-corrected chi connectivity index (χ4v) is 6.19. The highest BCUT2D eigenvalue weighted by atomic mass is 15.0. The standard InChI is InChI=1S/C30H34N6/c1-2-13-31-17-27-33-24-11-7-20-15-18(5-9-22(20)28(24)35-27)19-6-10-23-21(16-19)8-12-25-29(23)36-30(34-25)26-4-3-14-32-26/h5-6,9-10,15-16,26,31-32H,2-4,7-8,11-14,17H2,1H3,(H,33,35)(H,34,36)/t26-/m0/s1. The van der Waals surface area contributed by atoms with E-state index < -0.39 is 0 Å². The lowest BCUT2D eigenvalue weighted by Crippen LogP contribution is -2.14. The third kappa shape index (κ3) is 3.80. The van der Waals surface area contributed by atoms with Crippen LogP contribution in [0.4, 0.5) is 0 Å². The highest BCUT2D eigenvalue weighted by Crippen LogP contribution is 2.38. The van der Waals surface area contributed by atoms with Crippen molar-refractivity contribution >= 4 is 0 Å². The molecule has 1 aliphatic heterocycles. The van der Waals surface area contributed by atoms with E-state index >= 15 is 0 Å². The molecule has 4 N–H and O–H groups in total. The normalized spacial score (nSPS) is 18.0. The zero-order chi connectivity index (χ0) is 24.1. The van der Waals surface area contributed by atoms with Crippen LogP contribution in [0, 0.1) is 0 Å². The number of nitrogens with zero attached hydrogens (tertiary/aromatic N) is 2. The summed E-state index contributed by atoms with van der Waals surface area (Å²) in [6.45, 7) is 5.11. The van der Waals surface area contributed by atoms with E-state index in [2.05, 4.69) is 63.9 Å². The predicted octanol–water partition coefficient (Wildman–Crippen LogP) is 5.26. The molecule has 4 aromatic rings. The first-order chi connectivity index (χ1) is 17.8. The lowest BCUT2D eigenvalue weighted by molar-refractivity contribution is 0.611. The first-order valence-electron chi connectivity index (χ1n) is 13.6. The second-order valence-corrected chi connectivity index (χ2v) is 10.5. The molecule has 2 aromatic carbocycles. The summed E-state index contributed by atoms with van der Waals surface area (Å²) in [7, 11) is 0. The lowest BCUT2D eigenvalue weighted by atomic mass is 9.87. The fourth-order valence-electron chi connectivity index (χ4n) is 6.19. The van der Waals surface area contributed by atoms with Crippen molar-refractivity contribution in [1.29, 1.82) is 0 Å². The number of imidazole rings is 2. The Morgan fingerprint density at radius 3 is 2.22 bits per heavy atom. The first kappa shape index (κ1) is 22.0. The Morgan fingerprint density at radius 2 is 1.56 bits per heavy atom. The number of aromatic nitrogens is 4. The Balaban J connectivity index is 1.17. The molecule has 7 rings (SSSR count). The number of hydrogen-bond acceptors (Lipinski definition) is 4. The van der Waals surface area contributed by atoms with Crippen LogP contribution in [0.1, 0.15) is 66.4 Å². The molecular weight excluding hydrogens is 444 g/mol. The van der Waals surface area contributed by atoms with E-state index in [1.165, 1.54) is 57.6 Å². The first-order valence-corrected chi connectivity index (χ1v) is 13.6. The van der Waals surface area contributed by atoms with E-state index in [4.69, 9.17) is 9.97 Å². The number of fused-ring (bicyclic) bond motifs is 6. The minimum atomic E-state index is 0.382. The molecular formula is C30H34N6. The number of benzene rings is 2. The molecule has 3 aliphatic rings. The monoisotopic (exact) mass is 478 g/mol. The molecule has 6 nitrogen and oxygen atoms in total. The van der Waals surface area contributed by atoms with E-state index in [9.17, 15) is 0 Å². The molecule has 0 unspecified atom stereocenters. The van der Waals surface area contributed by atoms with Gasteiger partial charge in [0.1, 0.15) is 11.6 Å². The Morgan fingerprint density at radius 1 is 0.861 bits per heavy atom. The van der Waals surface area contributed by atoms with Gasteiger partial charge in [0.05, 0.1) is 24.0 Å². The van der Waals surface area contributed by atoms with Crippen LogP contribution in [-0.4, -0.2) is 33.0 Å². The van der Waals surface area contributed by atoms with Crippen LogP contribution in [0.25, 0.3) is 33.6 Å². The molecule has 2 aromatic heterocycles. The van der Waals surface area contributed by atoms with Gasteiger partial charge in [-0.3, -0.25) is 0 Å². The summed E-state index contributed by atoms with van der Waals surface area (Å²) in [5.74, 6) is 2.16. The van der Waals surface area contributed by atoms with E-state index in [0.717, 1.165) is 74.8 Å². The highest BCUT2D eigenvalue weighted by molar-refractivity contribution is 5.78. The summed E-state index contributed by atoms with van der Waals surface area (Å²) in [6.07, 6.45) is 7.72. The van der Waals surface area contributed by atoms with Crippen molar-refractivity contribution in [2.45, 2.75) is 64.5 Å². The quantitative estimate of drug-likeness (QED) is 0.285. The minimum absolute atomic E-state index is 0.382. The van der Waals surface area contributed by atoms with Crippen LogP contribution in [0.5, 0.6) is 0 Å². The molecule has 2 aliphatic carbocycles. The fraction of sp³-hybridized carbons (Fsp3) is 0.400. The van der Waals surface area contributed by atoms with Crippen molar-refractivity contribution in [1.82, 2.24) is 30.6 Å². The molecule has 0 saturated carbocycles. The molecule has 6 heteroatoms. The maximum Gasteiger partial charge on any atom is 0.124 e. The van der Waals surface area contributed by atoms with Crippen LogP contribution in [-0.2, 0) is 32.2 Å². The van der Waals surface area contributed by atoms with Crippen molar-refractivity contribution < 1.29 is 0 Å². The largest absolute Gasteiger partial charge is 0.344 e. The summed E-state index contributed by atoms with van der Waals surface area (Å²) >= 11 is 0. The Labute approximate surface area is 212 Å². The Hall–Kier alpha value is -3.22. The lowest BCUT2D eigenvalue weighted by Gasteiger charge is -2.18. The SMILES string of the molecule is CCCNCc1nc2c([nH]1)CCc1cc(-c3ccc4c(c3)CCc3[nH]c([C@@H]5CCCN5)nc3-4)ccc1-2. The van der Waals surface area contributed by atoms with Gasteiger partial charge in [0.2, 0.25) is 0 Å². The van der Waals surface area contributed by atoms with E-state index in [-0.39, 0.29) is 0 Å². The van der Waals surface area contributed by atoms with Crippen molar-refractivity contribution in [2.75, 3.05) is 13.1 Å². The maximum atomic E-state index is 5.05. The van der Waals surface area contributed by atoms with Gasteiger partial charge < -0.3 is 20.6 Å². The predicted molar refractivity (Wildman–Crippen MR) is 144 cm³/mol. The smallest absolute Gasteiger partial charge is 0.124 e. The van der Waals surface area contributed by atoms with Crippen molar-refractivity contribution in [3.05, 3.63) is 70.6 Å². The summed E-state index contributed by atoms with van der Waals surface area (Å²) in [6, 6.07) is 14.3. The molecule has 0 bridgehead atoms. The molecule has 3 heterocycles. The van der Waals surface area contributed by atoms with Gasteiger partial charge in [0.15, 0.2) is 0 Å². The van der Waals surface area contributed by atoms with Gasteiger partial charge in [-0.1, -0.05) is 43.3 Å². The van der Waals surface area contributed by atoms with Gasteiger partial charge >= 0.3 is 0 Å². The van der Waals surface area contributed by atoms with Gasteiger partial charge in [0, 0.05) is 22.5 Å². The van der Waals surface area contributed by atoms with E-state index in [0.29, 0.717) is 6.04 Å². The number of H-pyrrole nitrogens is 2. The van der Waals surface area contributed by atoms with Crippen LogP contribution in [0.2, 0.25) is 0 Å². The summed E-state index contributed by atoms with van der Waals surface area (Å²) in [5.41, 5.74) is 12.9. The number of aromatic amines is 2. The zero-order valence-corrected chi connectivity index (χ0v) is 21.0. The van der Waals surface area contributed by atoms with Crippen molar-refractivity contribution in [2.24, 2.45) is 0 Å². The van der Waals surface area contributed by atoms with Crippen LogP contribution in [0.3, 0.4) is 0 Å².